The number of amides is 1. The van der Waals surface area contributed by atoms with Crippen LogP contribution in [0.4, 0.5) is 5.69 Å². The summed E-state index contributed by atoms with van der Waals surface area (Å²) in [5.74, 6) is 5.02. The van der Waals surface area contributed by atoms with Gasteiger partial charge in [-0.15, -0.1) is 0 Å². The summed E-state index contributed by atoms with van der Waals surface area (Å²) in [6.07, 6.45) is 2.36. The third kappa shape index (κ3) is 3.91. The predicted octanol–water partition coefficient (Wildman–Crippen LogP) is 2.24. The highest BCUT2D eigenvalue weighted by Crippen LogP contribution is 2.16. The second-order valence-corrected chi connectivity index (χ2v) is 4.36. The second-order valence-electron chi connectivity index (χ2n) is 4.36. The van der Waals surface area contributed by atoms with Gasteiger partial charge in [0.1, 0.15) is 12.3 Å². The van der Waals surface area contributed by atoms with E-state index in [9.17, 15) is 4.79 Å². The molecule has 0 fully saturated rings. The number of carbonyl (C=O) groups excluding carboxylic acids is 1. The van der Waals surface area contributed by atoms with E-state index in [2.05, 4.69) is 22.1 Å². The first-order valence-electron chi connectivity index (χ1n) is 6.69. The normalized spacial score (nSPS) is 9.62. The molecule has 4 nitrogen and oxygen atoms in total. The molecule has 0 aliphatic heterocycles. The molecule has 0 aliphatic carbocycles. The van der Waals surface area contributed by atoms with E-state index in [0.717, 1.165) is 17.7 Å². The number of benzene rings is 1. The number of aliphatic hydroxyl groups excluding tert-OH is 1. The fourth-order valence-electron chi connectivity index (χ4n) is 1.88. The third-order valence-electron chi connectivity index (χ3n) is 2.95. The molecule has 0 atom stereocenters. The van der Waals surface area contributed by atoms with Gasteiger partial charge in [-0.2, -0.15) is 0 Å². The molecule has 2 aromatic rings. The van der Waals surface area contributed by atoms with Crippen molar-refractivity contribution in [3.05, 3.63) is 59.4 Å². The zero-order valence-corrected chi connectivity index (χ0v) is 11.8. The molecule has 0 saturated heterocycles. The largest absolute Gasteiger partial charge is 0.384 e. The van der Waals surface area contributed by atoms with Crippen LogP contribution in [0.3, 0.4) is 0 Å². The smallest absolute Gasteiger partial charge is 0.274 e. The lowest BCUT2D eigenvalue weighted by Gasteiger charge is -2.09. The molecule has 0 bridgehead atoms. The zero-order valence-electron chi connectivity index (χ0n) is 11.8. The van der Waals surface area contributed by atoms with Gasteiger partial charge in [0.15, 0.2) is 0 Å². The Morgan fingerprint density at radius 2 is 2.10 bits per heavy atom. The lowest BCUT2D eigenvalue weighted by atomic mass is 10.1. The highest BCUT2D eigenvalue weighted by molar-refractivity contribution is 6.03. The van der Waals surface area contributed by atoms with Gasteiger partial charge in [-0.25, -0.2) is 4.98 Å². The first kappa shape index (κ1) is 14.8. The number of para-hydroxylation sites is 1. The van der Waals surface area contributed by atoms with Crippen molar-refractivity contribution in [1.29, 1.82) is 0 Å². The van der Waals surface area contributed by atoms with Gasteiger partial charge in [-0.3, -0.25) is 4.79 Å². The Morgan fingerprint density at radius 1 is 1.29 bits per heavy atom. The van der Waals surface area contributed by atoms with Crippen LogP contribution >= 0.6 is 0 Å². The fraction of sp³-hybridized carbons (Fsp3) is 0.176. The Labute approximate surface area is 123 Å². The van der Waals surface area contributed by atoms with Crippen molar-refractivity contribution in [2.24, 2.45) is 0 Å². The van der Waals surface area contributed by atoms with E-state index in [-0.39, 0.29) is 12.5 Å². The van der Waals surface area contributed by atoms with Gasteiger partial charge in [0.05, 0.1) is 0 Å². The fourth-order valence-corrected chi connectivity index (χ4v) is 1.88. The van der Waals surface area contributed by atoms with E-state index in [1.165, 1.54) is 6.20 Å². The van der Waals surface area contributed by atoms with Gasteiger partial charge in [-0.05, 0) is 30.2 Å². The Kier molecular flexibility index (Phi) is 5.08. The molecule has 1 heterocycles. The van der Waals surface area contributed by atoms with Crippen LogP contribution in [0.2, 0.25) is 0 Å². The monoisotopic (exact) mass is 280 g/mol. The molecule has 0 spiro atoms. The van der Waals surface area contributed by atoms with Crippen LogP contribution in [-0.2, 0) is 6.42 Å². The molecule has 21 heavy (non-hydrogen) atoms. The van der Waals surface area contributed by atoms with Crippen molar-refractivity contribution < 1.29 is 9.90 Å². The summed E-state index contributed by atoms with van der Waals surface area (Å²) in [5, 5.41) is 11.5. The maximum absolute atomic E-state index is 12.2. The number of aliphatic hydroxyl groups is 1. The number of aromatic nitrogens is 1. The van der Waals surface area contributed by atoms with Gasteiger partial charge in [0.25, 0.3) is 5.91 Å². The average Bonchev–Trinajstić information content (AvgIpc) is 2.54. The van der Waals surface area contributed by atoms with Crippen molar-refractivity contribution in [3.63, 3.8) is 0 Å². The van der Waals surface area contributed by atoms with Crippen molar-refractivity contribution in [3.8, 4) is 11.8 Å². The number of nitrogens with zero attached hydrogens (tertiary/aromatic N) is 1. The van der Waals surface area contributed by atoms with Gasteiger partial charge in [0, 0.05) is 17.4 Å². The Hall–Kier alpha value is -2.64. The van der Waals surface area contributed by atoms with Crippen molar-refractivity contribution in [1.82, 2.24) is 4.98 Å². The molecule has 4 heteroatoms. The first-order chi connectivity index (χ1) is 10.2. The Bertz CT molecular complexity index is 682. The van der Waals surface area contributed by atoms with E-state index in [1.807, 2.05) is 31.2 Å². The summed E-state index contributed by atoms with van der Waals surface area (Å²) in [4.78, 5) is 16.2. The predicted molar refractivity (Wildman–Crippen MR) is 82.0 cm³/mol. The van der Waals surface area contributed by atoms with Gasteiger partial charge < -0.3 is 10.4 Å². The lowest BCUT2D eigenvalue weighted by Crippen LogP contribution is -2.14. The summed E-state index contributed by atoms with van der Waals surface area (Å²) in [6.45, 7) is 1.84. The molecule has 1 aromatic heterocycles. The van der Waals surface area contributed by atoms with Gasteiger partial charge >= 0.3 is 0 Å². The van der Waals surface area contributed by atoms with Crippen LogP contribution in [-0.4, -0.2) is 22.6 Å². The maximum Gasteiger partial charge on any atom is 0.274 e. The summed E-state index contributed by atoms with van der Waals surface area (Å²) in [7, 11) is 0. The number of hydrogen-bond acceptors (Lipinski definition) is 3. The van der Waals surface area contributed by atoms with Crippen LogP contribution in [0, 0.1) is 11.8 Å². The number of carbonyl (C=O) groups is 1. The number of pyridine rings is 1. The van der Waals surface area contributed by atoms with Gasteiger partial charge in [0.2, 0.25) is 0 Å². The van der Waals surface area contributed by atoms with Gasteiger partial charge in [-0.1, -0.05) is 37.0 Å². The molecule has 1 aromatic carbocycles. The molecule has 0 saturated carbocycles. The van der Waals surface area contributed by atoms with E-state index in [0.29, 0.717) is 11.3 Å². The summed E-state index contributed by atoms with van der Waals surface area (Å²) in [6, 6.07) is 11.0. The summed E-state index contributed by atoms with van der Waals surface area (Å²) in [5.41, 5.74) is 2.87. The second kappa shape index (κ2) is 7.22. The molecule has 2 rings (SSSR count). The van der Waals surface area contributed by atoms with Crippen LogP contribution < -0.4 is 5.32 Å². The summed E-state index contributed by atoms with van der Waals surface area (Å²) >= 11 is 0. The topological polar surface area (TPSA) is 62.2 Å². The standard InChI is InChI=1S/C17H16N2O2/c1-2-14-7-3-4-8-15(14)19-17(21)16-10-9-13(12-18-16)6-5-11-20/h3-4,7-10,12,20H,2,11H2,1H3,(H,19,21). The third-order valence-corrected chi connectivity index (χ3v) is 2.95. The average molecular weight is 280 g/mol. The maximum atomic E-state index is 12.2. The van der Waals surface area contributed by atoms with Crippen LogP contribution in [0.25, 0.3) is 0 Å². The number of nitrogens with one attached hydrogen (secondary N) is 1. The Balaban J connectivity index is 2.13. The van der Waals surface area contributed by atoms with E-state index >= 15 is 0 Å². The van der Waals surface area contributed by atoms with Crippen LogP contribution in [0.1, 0.15) is 28.5 Å². The molecular formula is C17H16N2O2. The van der Waals surface area contributed by atoms with Crippen LogP contribution in [0.5, 0.6) is 0 Å². The number of aryl methyl sites for hydroxylation is 1. The van der Waals surface area contributed by atoms with Crippen molar-refractivity contribution in [2.75, 3.05) is 11.9 Å². The quantitative estimate of drug-likeness (QED) is 0.848. The minimum Gasteiger partial charge on any atom is -0.384 e. The number of hydrogen-bond donors (Lipinski definition) is 2. The van der Waals surface area contributed by atoms with E-state index in [4.69, 9.17) is 5.11 Å². The van der Waals surface area contributed by atoms with Crippen LogP contribution in [0.15, 0.2) is 42.6 Å². The Morgan fingerprint density at radius 3 is 2.76 bits per heavy atom. The highest BCUT2D eigenvalue weighted by Gasteiger charge is 2.09. The molecule has 106 valence electrons. The highest BCUT2D eigenvalue weighted by atomic mass is 16.2. The zero-order chi connectivity index (χ0) is 15.1. The molecule has 1 amide bonds. The molecule has 0 unspecified atom stereocenters. The first-order valence-corrected chi connectivity index (χ1v) is 6.69. The number of anilines is 1. The molecule has 0 aliphatic rings. The molecule has 0 radical (unpaired) electrons. The van der Waals surface area contributed by atoms with E-state index < -0.39 is 0 Å². The molecular weight excluding hydrogens is 264 g/mol. The minimum absolute atomic E-state index is 0.198. The van der Waals surface area contributed by atoms with Crippen molar-refractivity contribution >= 4 is 11.6 Å². The minimum atomic E-state index is -0.252. The molecule has 2 N–H and O–H groups in total. The van der Waals surface area contributed by atoms with Crippen molar-refractivity contribution in [2.45, 2.75) is 13.3 Å². The SMILES string of the molecule is CCc1ccccc1NC(=O)c1ccc(C#CCO)cn1. The lowest BCUT2D eigenvalue weighted by molar-refractivity contribution is 0.102. The number of rotatable bonds is 3. The summed E-state index contributed by atoms with van der Waals surface area (Å²) < 4.78 is 0. The van der Waals surface area contributed by atoms with E-state index in [1.54, 1.807) is 12.1 Å².